The molecule has 2 heteroatoms. The molecule has 1 aromatic carbocycles. The maximum Gasteiger partial charge on any atom is 0.119 e. The zero-order valence-electron chi connectivity index (χ0n) is 10.0. The van der Waals surface area contributed by atoms with Crippen molar-refractivity contribution in [3.8, 4) is 5.75 Å². The van der Waals surface area contributed by atoms with Crippen LogP contribution in [0.15, 0.2) is 24.3 Å². The third-order valence-electron chi connectivity index (χ3n) is 2.54. The van der Waals surface area contributed by atoms with Crippen LogP contribution in [0.3, 0.4) is 0 Å². The van der Waals surface area contributed by atoms with E-state index in [4.69, 9.17) is 4.74 Å². The second kappa shape index (κ2) is 8.63. The monoisotopic (exact) mass is 284 g/mol. The highest BCUT2D eigenvalue weighted by molar-refractivity contribution is 9.09. The zero-order chi connectivity index (χ0) is 11.6. The topological polar surface area (TPSA) is 9.23 Å². The number of unbranched alkanes of at least 4 members (excludes halogenated alkanes) is 2. The summed E-state index contributed by atoms with van der Waals surface area (Å²) in [5, 5.41) is 1.10. The maximum atomic E-state index is 5.62. The molecule has 0 aliphatic heterocycles. The summed E-state index contributed by atoms with van der Waals surface area (Å²) in [4.78, 5) is 0. The average Bonchev–Trinajstić information content (AvgIpc) is 2.32. The quantitative estimate of drug-likeness (QED) is 0.501. The van der Waals surface area contributed by atoms with Gasteiger partial charge in [0.05, 0.1) is 6.61 Å². The van der Waals surface area contributed by atoms with Crippen molar-refractivity contribution in [3.05, 3.63) is 29.8 Å². The number of rotatable bonds is 8. The van der Waals surface area contributed by atoms with Crippen molar-refractivity contribution in [2.45, 2.75) is 39.0 Å². The molecule has 0 unspecified atom stereocenters. The first-order valence-electron chi connectivity index (χ1n) is 6.14. The molecule has 16 heavy (non-hydrogen) atoms. The van der Waals surface area contributed by atoms with Crippen molar-refractivity contribution in [3.63, 3.8) is 0 Å². The molecule has 0 N–H and O–H groups in total. The molecule has 0 spiro atoms. The van der Waals surface area contributed by atoms with E-state index in [2.05, 4.69) is 47.1 Å². The molecule has 0 aliphatic rings. The number of ether oxygens (including phenoxy) is 1. The predicted molar refractivity (Wildman–Crippen MR) is 73.6 cm³/mol. The Balaban J connectivity index is 2.30. The number of aryl methyl sites for hydroxylation is 1. The lowest BCUT2D eigenvalue weighted by molar-refractivity contribution is 0.309. The highest BCUT2D eigenvalue weighted by Gasteiger charge is 1.95. The lowest BCUT2D eigenvalue weighted by Gasteiger charge is -2.06. The molecule has 0 bridgehead atoms. The second-order valence-electron chi connectivity index (χ2n) is 3.99. The van der Waals surface area contributed by atoms with Crippen LogP contribution in [-0.4, -0.2) is 11.9 Å². The van der Waals surface area contributed by atoms with Crippen LogP contribution < -0.4 is 4.74 Å². The number of hydrogen-bond donors (Lipinski definition) is 0. The number of benzene rings is 1. The lowest BCUT2D eigenvalue weighted by Crippen LogP contribution is -1.96. The standard InChI is InChI=1S/C14H21BrO/c1-2-3-12-16-14-9-7-13(8-10-14)6-4-5-11-15/h7-10H,2-6,11-12H2,1H3. The highest BCUT2D eigenvalue weighted by Crippen LogP contribution is 2.14. The minimum atomic E-state index is 0.833. The number of hydrogen-bond acceptors (Lipinski definition) is 1. The van der Waals surface area contributed by atoms with Crippen LogP contribution in [0.4, 0.5) is 0 Å². The van der Waals surface area contributed by atoms with Gasteiger partial charge in [0.15, 0.2) is 0 Å². The molecule has 0 radical (unpaired) electrons. The van der Waals surface area contributed by atoms with Gasteiger partial charge in [0.1, 0.15) is 5.75 Å². The van der Waals surface area contributed by atoms with Crippen molar-refractivity contribution in [1.29, 1.82) is 0 Å². The van der Waals surface area contributed by atoms with E-state index in [9.17, 15) is 0 Å². The Morgan fingerprint density at radius 2 is 1.81 bits per heavy atom. The molecule has 90 valence electrons. The fourth-order valence-electron chi connectivity index (χ4n) is 1.51. The van der Waals surface area contributed by atoms with E-state index in [1.165, 1.54) is 31.2 Å². The summed E-state index contributed by atoms with van der Waals surface area (Å²) in [6, 6.07) is 8.52. The van der Waals surface area contributed by atoms with Gasteiger partial charge in [0.25, 0.3) is 0 Å². The van der Waals surface area contributed by atoms with Gasteiger partial charge in [-0.3, -0.25) is 0 Å². The fraction of sp³-hybridized carbons (Fsp3) is 0.571. The SMILES string of the molecule is CCCCOc1ccc(CCCCBr)cc1. The van der Waals surface area contributed by atoms with E-state index in [-0.39, 0.29) is 0 Å². The highest BCUT2D eigenvalue weighted by atomic mass is 79.9. The third kappa shape index (κ3) is 5.55. The van der Waals surface area contributed by atoms with Gasteiger partial charge in [0, 0.05) is 5.33 Å². The van der Waals surface area contributed by atoms with Gasteiger partial charge in [-0.2, -0.15) is 0 Å². The Morgan fingerprint density at radius 3 is 2.44 bits per heavy atom. The summed E-state index contributed by atoms with van der Waals surface area (Å²) in [5.74, 6) is 0.998. The molecular weight excluding hydrogens is 264 g/mol. The van der Waals surface area contributed by atoms with Crippen molar-refractivity contribution >= 4 is 15.9 Å². The molecule has 1 aromatic rings. The van der Waals surface area contributed by atoms with E-state index in [0.717, 1.165) is 24.1 Å². The van der Waals surface area contributed by atoms with Crippen LogP contribution in [0.2, 0.25) is 0 Å². The van der Waals surface area contributed by atoms with Gasteiger partial charge in [-0.1, -0.05) is 41.4 Å². The molecule has 0 heterocycles. The second-order valence-corrected chi connectivity index (χ2v) is 4.79. The van der Waals surface area contributed by atoms with Gasteiger partial charge in [-0.25, -0.2) is 0 Å². The summed E-state index contributed by atoms with van der Waals surface area (Å²) >= 11 is 3.45. The third-order valence-corrected chi connectivity index (χ3v) is 3.10. The van der Waals surface area contributed by atoms with Gasteiger partial charge in [-0.05, 0) is 43.4 Å². The molecule has 0 saturated carbocycles. The first-order chi connectivity index (χ1) is 7.86. The average molecular weight is 285 g/mol. The van der Waals surface area contributed by atoms with E-state index in [1.807, 2.05) is 0 Å². The Labute approximate surface area is 107 Å². The normalized spacial score (nSPS) is 10.4. The maximum absolute atomic E-state index is 5.62. The van der Waals surface area contributed by atoms with Crippen molar-refractivity contribution < 1.29 is 4.74 Å². The van der Waals surface area contributed by atoms with Gasteiger partial charge in [0.2, 0.25) is 0 Å². The van der Waals surface area contributed by atoms with Crippen LogP contribution in [0.1, 0.15) is 38.2 Å². The Morgan fingerprint density at radius 1 is 1.06 bits per heavy atom. The molecule has 1 nitrogen and oxygen atoms in total. The van der Waals surface area contributed by atoms with Gasteiger partial charge in [-0.15, -0.1) is 0 Å². The minimum absolute atomic E-state index is 0.833. The molecule has 0 aliphatic carbocycles. The lowest BCUT2D eigenvalue weighted by atomic mass is 10.1. The molecule has 0 amide bonds. The summed E-state index contributed by atoms with van der Waals surface area (Å²) in [5.41, 5.74) is 1.41. The minimum Gasteiger partial charge on any atom is -0.494 e. The summed E-state index contributed by atoms with van der Waals surface area (Å²) in [6.07, 6.45) is 5.98. The predicted octanol–water partition coefficient (Wildman–Crippen LogP) is 4.58. The fourth-order valence-corrected chi connectivity index (χ4v) is 1.91. The van der Waals surface area contributed by atoms with Crippen LogP contribution in [-0.2, 0) is 6.42 Å². The van der Waals surface area contributed by atoms with Crippen LogP contribution >= 0.6 is 15.9 Å². The first kappa shape index (κ1) is 13.6. The Hall–Kier alpha value is -0.500. The Kier molecular flexibility index (Phi) is 7.32. The smallest absolute Gasteiger partial charge is 0.119 e. The number of alkyl halides is 1. The summed E-state index contributed by atoms with van der Waals surface area (Å²) in [7, 11) is 0. The van der Waals surface area contributed by atoms with E-state index >= 15 is 0 Å². The molecule has 0 aromatic heterocycles. The van der Waals surface area contributed by atoms with E-state index in [1.54, 1.807) is 0 Å². The molecule has 0 atom stereocenters. The molecule has 0 saturated heterocycles. The van der Waals surface area contributed by atoms with Crippen LogP contribution in [0.5, 0.6) is 5.75 Å². The molecular formula is C14H21BrO. The van der Waals surface area contributed by atoms with Gasteiger partial charge < -0.3 is 4.74 Å². The summed E-state index contributed by atoms with van der Waals surface area (Å²) in [6.45, 7) is 3.01. The zero-order valence-corrected chi connectivity index (χ0v) is 11.6. The van der Waals surface area contributed by atoms with Crippen LogP contribution in [0, 0.1) is 0 Å². The largest absolute Gasteiger partial charge is 0.494 e. The van der Waals surface area contributed by atoms with E-state index < -0.39 is 0 Å². The molecule has 1 rings (SSSR count). The van der Waals surface area contributed by atoms with Crippen molar-refractivity contribution in [2.75, 3.05) is 11.9 Å². The van der Waals surface area contributed by atoms with Crippen LogP contribution in [0.25, 0.3) is 0 Å². The van der Waals surface area contributed by atoms with Crippen molar-refractivity contribution in [1.82, 2.24) is 0 Å². The summed E-state index contributed by atoms with van der Waals surface area (Å²) < 4.78 is 5.62. The van der Waals surface area contributed by atoms with Gasteiger partial charge >= 0.3 is 0 Å². The Bertz CT molecular complexity index is 240. The molecule has 0 fully saturated rings. The number of halogens is 1. The van der Waals surface area contributed by atoms with Crippen molar-refractivity contribution in [2.24, 2.45) is 0 Å². The van der Waals surface area contributed by atoms with E-state index in [0.29, 0.717) is 0 Å². The first-order valence-corrected chi connectivity index (χ1v) is 7.26.